The van der Waals surface area contributed by atoms with Crippen LogP contribution in [0.1, 0.15) is 53.4 Å². The Labute approximate surface area is 193 Å². The third-order valence-corrected chi connectivity index (χ3v) is 4.84. The maximum Gasteiger partial charge on any atom is 0.327 e. The zero-order valence-corrected chi connectivity index (χ0v) is 19.9. The number of aliphatic carboxylic acids is 2. The fourth-order valence-corrected chi connectivity index (χ4v) is 3.11. The molecule has 32 heavy (non-hydrogen) atoms. The zero-order valence-electron chi connectivity index (χ0n) is 19.0. The Morgan fingerprint density at radius 2 is 1.25 bits per heavy atom. The largest absolute Gasteiger partial charge is 0.481 e. The van der Waals surface area contributed by atoms with Crippen molar-refractivity contribution in [1.82, 2.24) is 16.0 Å². The van der Waals surface area contributed by atoms with Gasteiger partial charge >= 0.3 is 11.9 Å². The summed E-state index contributed by atoms with van der Waals surface area (Å²) in [5, 5.41) is 25.4. The van der Waals surface area contributed by atoms with Gasteiger partial charge in [0.05, 0.1) is 6.04 Å². The van der Waals surface area contributed by atoms with Crippen molar-refractivity contribution < 1.29 is 34.2 Å². The lowest BCUT2D eigenvalue weighted by Gasteiger charge is -2.26. The number of rotatable bonds is 15. The van der Waals surface area contributed by atoms with Crippen LogP contribution in [0.15, 0.2) is 0 Å². The van der Waals surface area contributed by atoms with Gasteiger partial charge in [-0.05, 0) is 31.1 Å². The lowest BCUT2D eigenvalue weighted by molar-refractivity contribution is -0.141. The Morgan fingerprint density at radius 3 is 1.69 bits per heavy atom. The lowest BCUT2D eigenvalue weighted by atomic mass is 10.0. The molecule has 0 aliphatic rings. The van der Waals surface area contributed by atoms with Crippen LogP contribution >= 0.6 is 12.6 Å². The number of nitrogens with two attached hydrogens (primary N) is 1. The minimum Gasteiger partial charge on any atom is -0.481 e. The van der Waals surface area contributed by atoms with E-state index in [1.165, 1.54) is 0 Å². The summed E-state index contributed by atoms with van der Waals surface area (Å²) in [7, 11) is 0. The first-order chi connectivity index (χ1) is 14.8. The minimum absolute atomic E-state index is 0.0307. The number of hydrogen-bond acceptors (Lipinski definition) is 7. The van der Waals surface area contributed by atoms with Crippen molar-refractivity contribution >= 4 is 42.3 Å². The molecule has 0 aliphatic heterocycles. The maximum atomic E-state index is 12.9. The van der Waals surface area contributed by atoms with E-state index in [9.17, 15) is 24.0 Å². The van der Waals surface area contributed by atoms with E-state index in [0.717, 1.165) is 0 Å². The summed E-state index contributed by atoms with van der Waals surface area (Å²) in [4.78, 5) is 60.0. The summed E-state index contributed by atoms with van der Waals surface area (Å²) >= 11 is 3.90. The Kier molecular flexibility index (Phi) is 13.6. The number of thiol groups is 1. The van der Waals surface area contributed by atoms with Crippen molar-refractivity contribution in [2.75, 3.05) is 5.75 Å². The summed E-state index contributed by atoms with van der Waals surface area (Å²) in [5.41, 5.74) is 5.85. The molecule has 0 saturated heterocycles. The third-order valence-electron chi connectivity index (χ3n) is 4.48. The molecular weight excluding hydrogens is 440 g/mol. The predicted octanol–water partition coefficient (Wildman–Crippen LogP) is -0.260. The van der Waals surface area contributed by atoms with E-state index in [0.29, 0.717) is 6.42 Å². The van der Waals surface area contributed by atoms with Crippen LogP contribution in [-0.2, 0) is 24.0 Å². The van der Waals surface area contributed by atoms with E-state index in [2.05, 4.69) is 28.6 Å². The molecule has 0 rings (SSSR count). The molecule has 4 atom stereocenters. The topological polar surface area (TPSA) is 188 Å². The van der Waals surface area contributed by atoms with Crippen LogP contribution in [0.3, 0.4) is 0 Å². The van der Waals surface area contributed by atoms with Gasteiger partial charge in [0.25, 0.3) is 0 Å². The van der Waals surface area contributed by atoms with Crippen LogP contribution in [0, 0.1) is 11.8 Å². The summed E-state index contributed by atoms with van der Waals surface area (Å²) in [6.07, 6.45) is -0.0218. The monoisotopic (exact) mass is 476 g/mol. The average Bonchev–Trinajstić information content (AvgIpc) is 2.66. The molecule has 0 fully saturated rings. The van der Waals surface area contributed by atoms with Crippen molar-refractivity contribution in [2.24, 2.45) is 17.6 Å². The summed E-state index contributed by atoms with van der Waals surface area (Å²) in [6, 6.07) is -4.43. The van der Waals surface area contributed by atoms with E-state index in [1.807, 2.05) is 27.7 Å². The van der Waals surface area contributed by atoms with Gasteiger partial charge in [-0.3, -0.25) is 19.2 Å². The smallest absolute Gasteiger partial charge is 0.327 e. The van der Waals surface area contributed by atoms with Crippen molar-refractivity contribution in [3.63, 3.8) is 0 Å². The number of carboxylic acid groups (broad SMARTS) is 2. The highest BCUT2D eigenvalue weighted by molar-refractivity contribution is 7.80. The SMILES string of the molecule is CC(C)CC(N)C(=O)NC(CCC(=O)O)C(=O)NC(CC(C)C)C(=O)NC(CS)C(=O)O. The molecule has 3 amide bonds. The molecular formula is C20H36N4O7S. The number of carboxylic acids is 2. The van der Waals surface area contributed by atoms with Crippen LogP contribution in [0.5, 0.6) is 0 Å². The molecule has 0 spiro atoms. The van der Waals surface area contributed by atoms with Gasteiger partial charge in [0.15, 0.2) is 0 Å². The molecule has 0 aromatic heterocycles. The Hall–Kier alpha value is -2.34. The molecule has 11 nitrogen and oxygen atoms in total. The highest BCUT2D eigenvalue weighted by atomic mass is 32.1. The normalized spacial score (nSPS) is 14.9. The maximum absolute atomic E-state index is 12.9. The highest BCUT2D eigenvalue weighted by Crippen LogP contribution is 2.09. The Balaban J connectivity index is 5.47. The summed E-state index contributed by atoms with van der Waals surface area (Å²) in [6.45, 7) is 7.39. The van der Waals surface area contributed by atoms with Gasteiger partial charge < -0.3 is 31.9 Å². The quantitative estimate of drug-likeness (QED) is 0.157. The van der Waals surface area contributed by atoms with Crippen LogP contribution in [-0.4, -0.2) is 69.8 Å². The van der Waals surface area contributed by atoms with Crippen LogP contribution in [0.2, 0.25) is 0 Å². The Morgan fingerprint density at radius 1 is 0.781 bits per heavy atom. The van der Waals surface area contributed by atoms with Crippen LogP contribution < -0.4 is 21.7 Å². The van der Waals surface area contributed by atoms with Gasteiger partial charge in [-0.25, -0.2) is 4.79 Å². The fraction of sp³-hybridized carbons (Fsp3) is 0.750. The minimum atomic E-state index is -1.27. The van der Waals surface area contributed by atoms with E-state index in [-0.39, 0.29) is 36.9 Å². The molecule has 7 N–H and O–H groups in total. The molecule has 184 valence electrons. The zero-order chi connectivity index (χ0) is 25.0. The third kappa shape index (κ3) is 11.9. The van der Waals surface area contributed by atoms with Crippen LogP contribution in [0.25, 0.3) is 0 Å². The number of nitrogens with one attached hydrogen (secondary N) is 3. The van der Waals surface area contributed by atoms with Crippen LogP contribution in [0.4, 0.5) is 0 Å². The second-order valence-electron chi connectivity index (χ2n) is 8.50. The molecule has 0 saturated carbocycles. The summed E-state index contributed by atoms with van der Waals surface area (Å²) in [5.74, 6) is -4.54. The number of hydrogen-bond donors (Lipinski definition) is 7. The van der Waals surface area contributed by atoms with E-state index >= 15 is 0 Å². The fourth-order valence-electron chi connectivity index (χ4n) is 2.86. The second-order valence-corrected chi connectivity index (χ2v) is 8.87. The molecule has 4 unspecified atom stereocenters. The molecule has 0 aromatic carbocycles. The first kappa shape index (κ1) is 29.7. The molecule has 0 heterocycles. The van der Waals surface area contributed by atoms with Crippen molar-refractivity contribution in [3.8, 4) is 0 Å². The van der Waals surface area contributed by atoms with E-state index < -0.39 is 53.8 Å². The first-order valence-electron chi connectivity index (χ1n) is 10.5. The average molecular weight is 477 g/mol. The second kappa shape index (κ2) is 14.7. The lowest BCUT2D eigenvalue weighted by Crippen LogP contribution is -2.57. The molecule has 12 heteroatoms. The molecule has 0 radical (unpaired) electrons. The van der Waals surface area contributed by atoms with Gasteiger partial charge in [-0.15, -0.1) is 0 Å². The molecule has 0 bridgehead atoms. The van der Waals surface area contributed by atoms with Gasteiger partial charge in [0.1, 0.15) is 18.1 Å². The Bertz CT molecular complexity index is 672. The van der Waals surface area contributed by atoms with Crippen molar-refractivity contribution in [2.45, 2.75) is 77.5 Å². The molecule has 0 aliphatic carbocycles. The predicted molar refractivity (Wildman–Crippen MR) is 121 cm³/mol. The van der Waals surface area contributed by atoms with Gasteiger partial charge in [-0.1, -0.05) is 27.7 Å². The highest BCUT2D eigenvalue weighted by Gasteiger charge is 2.30. The standard InChI is InChI=1S/C20H36N4O7S/c1-10(2)7-12(21)17(27)22-13(5-6-16(25)26)18(28)23-14(8-11(3)4)19(29)24-15(9-32)20(30)31/h10-15,32H,5-9,21H2,1-4H3,(H,22,27)(H,23,28)(H,24,29)(H,25,26)(H,30,31). The summed E-state index contributed by atoms with van der Waals surface area (Å²) < 4.78 is 0. The van der Waals surface area contributed by atoms with Gasteiger partial charge in [0, 0.05) is 12.2 Å². The van der Waals surface area contributed by atoms with E-state index in [4.69, 9.17) is 15.9 Å². The molecule has 0 aromatic rings. The van der Waals surface area contributed by atoms with E-state index in [1.54, 1.807) is 0 Å². The van der Waals surface area contributed by atoms with Gasteiger partial charge in [0.2, 0.25) is 17.7 Å². The number of amides is 3. The van der Waals surface area contributed by atoms with Crippen molar-refractivity contribution in [3.05, 3.63) is 0 Å². The number of carbonyl (C=O) groups excluding carboxylic acids is 3. The number of carbonyl (C=O) groups is 5. The van der Waals surface area contributed by atoms with Crippen molar-refractivity contribution in [1.29, 1.82) is 0 Å². The van der Waals surface area contributed by atoms with Gasteiger partial charge in [-0.2, -0.15) is 12.6 Å². The first-order valence-corrected chi connectivity index (χ1v) is 11.1.